The van der Waals surface area contributed by atoms with E-state index in [0.717, 1.165) is 36.6 Å². The third kappa shape index (κ3) is 7.03. The van der Waals surface area contributed by atoms with Crippen molar-refractivity contribution in [2.45, 2.75) is 31.8 Å². The minimum Gasteiger partial charge on any atom is -0.356 e. The molecule has 1 heterocycles. The summed E-state index contributed by atoms with van der Waals surface area (Å²) in [7, 11) is 1.85. The molecule has 134 valence electrons. The van der Waals surface area contributed by atoms with Gasteiger partial charge in [0, 0.05) is 43.7 Å². The molecular weight excluding hydrogens is 384 g/mol. The number of nitrogens with zero attached hydrogens (tertiary/aromatic N) is 2. The Balaban J connectivity index is 1.68. The van der Waals surface area contributed by atoms with Gasteiger partial charge in [-0.15, -0.1) is 0 Å². The lowest BCUT2D eigenvalue weighted by atomic mass is 10.0. The quantitative estimate of drug-likeness (QED) is 0.409. The Bertz CT molecular complexity index is 498. The predicted octanol–water partition coefficient (Wildman–Crippen LogP) is 3.33. The first kappa shape index (κ1) is 19.6. The lowest BCUT2D eigenvalue weighted by Gasteiger charge is -2.33. The second kappa shape index (κ2) is 11.0. The molecule has 1 aliphatic heterocycles. The summed E-state index contributed by atoms with van der Waals surface area (Å²) in [5.41, 5.74) is 1.39. The highest BCUT2D eigenvalue weighted by Gasteiger charge is 2.19. The van der Waals surface area contributed by atoms with E-state index in [2.05, 4.69) is 67.0 Å². The number of guanidine groups is 1. The van der Waals surface area contributed by atoms with E-state index < -0.39 is 0 Å². The highest BCUT2D eigenvalue weighted by Crippen LogP contribution is 2.16. The number of nitrogens with one attached hydrogen (secondary N) is 2. The van der Waals surface area contributed by atoms with Gasteiger partial charge in [-0.1, -0.05) is 28.1 Å². The molecule has 2 rings (SSSR count). The molecule has 6 heteroatoms. The van der Waals surface area contributed by atoms with E-state index >= 15 is 0 Å². The summed E-state index contributed by atoms with van der Waals surface area (Å²) in [4.78, 5) is 6.88. The fraction of sp³-hybridized carbons (Fsp3) is 0.611. The maximum absolute atomic E-state index is 4.34. The summed E-state index contributed by atoms with van der Waals surface area (Å²) >= 11 is 5.38. The van der Waals surface area contributed by atoms with E-state index in [9.17, 15) is 0 Å². The molecule has 1 saturated heterocycles. The van der Waals surface area contributed by atoms with Gasteiger partial charge >= 0.3 is 0 Å². The van der Waals surface area contributed by atoms with Crippen molar-refractivity contribution in [1.29, 1.82) is 0 Å². The molecule has 2 N–H and O–H groups in total. The molecule has 0 unspecified atom stereocenters. The van der Waals surface area contributed by atoms with Crippen molar-refractivity contribution >= 4 is 33.7 Å². The number of likely N-dealkylation sites (tertiary alicyclic amines) is 1. The van der Waals surface area contributed by atoms with Gasteiger partial charge in [0.2, 0.25) is 0 Å². The Morgan fingerprint density at radius 2 is 2.00 bits per heavy atom. The molecule has 1 aromatic carbocycles. The van der Waals surface area contributed by atoms with Crippen LogP contribution in [-0.2, 0) is 6.54 Å². The van der Waals surface area contributed by atoms with Gasteiger partial charge in [0.1, 0.15) is 0 Å². The van der Waals surface area contributed by atoms with E-state index in [4.69, 9.17) is 0 Å². The zero-order valence-electron chi connectivity index (χ0n) is 14.7. The van der Waals surface area contributed by atoms with Crippen molar-refractivity contribution in [2.75, 3.05) is 38.7 Å². The normalized spacial score (nSPS) is 17.0. The molecule has 0 atom stereocenters. The average Bonchev–Trinajstić information content (AvgIpc) is 2.61. The van der Waals surface area contributed by atoms with Crippen molar-refractivity contribution in [1.82, 2.24) is 15.5 Å². The third-order valence-electron chi connectivity index (χ3n) is 4.29. The molecule has 1 aliphatic rings. The van der Waals surface area contributed by atoms with E-state index in [1.165, 1.54) is 30.6 Å². The van der Waals surface area contributed by atoms with Crippen LogP contribution in [0.5, 0.6) is 0 Å². The molecule has 0 saturated carbocycles. The van der Waals surface area contributed by atoms with Crippen LogP contribution in [0.4, 0.5) is 0 Å². The molecule has 0 bridgehead atoms. The lowest BCUT2D eigenvalue weighted by Crippen LogP contribution is -2.48. The van der Waals surface area contributed by atoms with Gasteiger partial charge < -0.3 is 10.6 Å². The van der Waals surface area contributed by atoms with Gasteiger partial charge in [0.05, 0.1) is 0 Å². The number of halogens is 1. The van der Waals surface area contributed by atoms with E-state index in [0.29, 0.717) is 6.04 Å². The topological polar surface area (TPSA) is 39.7 Å². The summed E-state index contributed by atoms with van der Waals surface area (Å²) < 4.78 is 1.14. The largest absolute Gasteiger partial charge is 0.356 e. The summed E-state index contributed by atoms with van der Waals surface area (Å²) in [6.45, 7) is 4.30. The maximum Gasteiger partial charge on any atom is 0.191 e. The number of benzene rings is 1. The smallest absolute Gasteiger partial charge is 0.191 e. The minimum atomic E-state index is 0.526. The number of rotatable bonds is 7. The van der Waals surface area contributed by atoms with Gasteiger partial charge in [-0.2, -0.15) is 11.8 Å². The van der Waals surface area contributed by atoms with Crippen molar-refractivity contribution in [3.05, 3.63) is 34.3 Å². The Labute approximate surface area is 159 Å². The van der Waals surface area contributed by atoms with Gasteiger partial charge in [0.25, 0.3) is 0 Å². The van der Waals surface area contributed by atoms with Gasteiger partial charge in [-0.3, -0.25) is 9.89 Å². The maximum atomic E-state index is 4.34. The van der Waals surface area contributed by atoms with Gasteiger partial charge in [-0.05, 0) is 49.0 Å². The van der Waals surface area contributed by atoms with Crippen LogP contribution in [0.1, 0.15) is 24.8 Å². The molecular formula is C18H29BrN4S. The van der Waals surface area contributed by atoms with E-state index in [1.807, 2.05) is 18.8 Å². The van der Waals surface area contributed by atoms with Crippen LogP contribution in [0.25, 0.3) is 0 Å². The first-order chi connectivity index (χ1) is 11.7. The number of hydrogen-bond acceptors (Lipinski definition) is 3. The van der Waals surface area contributed by atoms with Crippen molar-refractivity contribution in [3.8, 4) is 0 Å². The zero-order chi connectivity index (χ0) is 17.2. The van der Waals surface area contributed by atoms with Crippen molar-refractivity contribution < 1.29 is 0 Å². The predicted molar refractivity (Wildman–Crippen MR) is 110 cm³/mol. The second-order valence-electron chi connectivity index (χ2n) is 6.17. The Morgan fingerprint density at radius 1 is 1.29 bits per heavy atom. The van der Waals surface area contributed by atoms with Crippen LogP contribution >= 0.6 is 27.7 Å². The fourth-order valence-corrected chi connectivity index (χ4v) is 3.59. The van der Waals surface area contributed by atoms with Crippen LogP contribution in [0.15, 0.2) is 33.7 Å². The lowest BCUT2D eigenvalue weighted by molar-refractivity contribution is 0.198. The third-order valence-corrected chi connectivity index (χ3v) is 5.51. The molecule has 0 aromatic heterocycles. The standard InChI is InChI=1S/C18H29BrN4S/c1-20-18(21-10-3-13-24-2)22-17-8-11-23(12-9-17)14-15-4-6-16(19)7-5-15/h4-7,17H,3,8-14H2,1-2H3,(H2,20,21,22). The van der Waals surface area contributed by atoms with Gasteiger partial charge in [-0.25, -0.2) is 0 Å². The molecule has 0 amide bonds. The Morgan fingerprint density at radius 3 is 2.62 bits per heavy atom. The molecule has 24 heavy (non-hydrogen) atoms. The second-order valence-corrected chi connectivity index (χ2v) is 8.07. The van der Waals surface area contributed by atoms with Crippen molar-refractivity contribution in [2.24, 2.45) is 4.99 Å². The van der Waals surface area contributed by atoms with Crippen LogP contribution < -0.4 is 10.6 Å². The van der Waals surface area contributed by atoms with E-state index in [-0.39, 0.29) is 0 Å². The molecule has 0 radical (unpaired) electrons. The molecule has 4 nitrogen and oxygen atoms in total. The summed E-state index contributed by atoms with van der Waals surface area (Å²) in [5, 5.41) is 6.99. The SMILES string of the molecule is CN=C(NCCCSC)NC1CCN(Cc2ccc(Br)cc2)CC1. The first-order valence-corrected chi connectivity index (χ1v) is 10.8. The molecule has 0 spiro atoms. The minimum absolute atomic E-state index is 0.526. The highest BCUT2D eigenvalue weighted by molar-refractivity contribution is 9.10. The van der Waals surface area contributed by atoms with Crippen LogP contribution in [0, 0.1) is 0 Å². The monoisotopic (exact) mass is 412 g/mol. The molecule has 1 aromatic rings. The summed E-state index contributed by atoms with van der Waals surface area (Å²) in [6.07, 6.45) is 5.66. The Kier molecular flexibility index (Phi) is 8.99. The van der Waals surface area contributed by atoms with Crippen LogP contribution in [0.2, 0.25) is 0 Å². The fourth-order valence-electron chi connectivity index (χ4n) is 2.89. The summed E-state index contributed by atoms with van der Waals surface area (Å²) in [6, 6.07) is 9.17. The number of piperidine rings is 1. The molecule has 1 fully saturated rings. The molecule has 0 aliphatic carbocycles. The first-order valence-electron chi connectivity index (χ1n) is 8.64. The van der Waals surface area contributed by atoms with Crippen molar-refractivity contribution in [3.63, 3.8) is 0 Å². The number of hydrogen-bond donors (Lipinski definition) is 2. The zero-order valence-corrected chi connectivity index (χ0v) is 17.1. The average molecular weight is 413 g/mol. The Hall–Kier alpha value is -0.720. The number of thioether (sulfide) groups is 1. The van der Waals surface area contributed by atoms with Crippen LogP contribution in [0.3, 0.4) is 0 Å². The van der Waals surface area contributed by atoms with Crippen LogP contribution in [-0.4, -0.2) is 55.6 Å². The van der Waals surface area contributed by atoms with Gasteiger partial charge in [0.15, 0.2) is 5.96 Å². The van der Waals surface area contributed by atoms with E-state index in [1.54, 1.807) is 0 Å². The summed E-state index contributed by atoms with van der Waals surface area (Å²) in [5.74, 6) is 2.14. The highest BCUT2D eigenvalue weighted by atomic mass is 79.9. The number of aliphatic imine (C=N–C) groups is 1.